The Kier molecular flexibility index (Phi) is 5.09. The van der Waals surface area contributed by atoms with E-state index in [-0.39, 0.29) is 12.5 Å². The average Bonchev–Trinajstić information content (AvgIpc) is 3.05. The maximum atomic E-state index is 12.5. The minimum atomic E-state index is -0.194. The highest BCUT2D eigenvalue weighted by atomic mass is 16.5. The fourth-order valence-electron chi connectivity index (χ4n) is 2.31. The second kappa shape index (κ2) is 7.61. The lowest BCUT2D eigenvalue weighted by atomic mass is 10.1. The Labute approximate surface area is 145 Å². The zero-order chi connectivity index (χ0) is 17.6. The third kappa shape index (κ3) is 4.44. The van der Waals surface area contributed by atoms with Crippen LogP contribution in [0.1, 0.15) is 33.2 Å². The number of nitrogens with zero attached hydrogens (tertiary/aromatic N) is 2. The van der Waals surface area contributed by atoms with Gasteiger partial charge in [-0.05, 0) is 24.6 Å². The van der Waals surface area contributed by atoms with E-state index >= 15 is 0 Å². The predicted octanol–water partition coefficient (Wildman–Crippen LogP) is 3.20. The van der Waals surface area contributed by atoms with Crippen LogP contribution in [0.5, 0.6) is 5.75 Å². The van der Waals surface area contributed by atoms with Gasteiger partial charge in [-0.2, -0.15) is 4.98 Å². The van der Waals surface area contributed by atoms with E-state index in [1.807, 2.05) is 37.3 Å². The van der Waals surface area contributed by atoms with Gasteiger partial charge in [-0.25, -0.2) is 0 Å². The van der Waals surface area contributed by atoms with Crippen LogP contribution in [0.4, 0.5) is 0 Å². The van der Waals surface area contributed by atoms with Gasteiger partial charge in [-0.15, -0.1) is 0 Å². The zero-order valence-electron chi connectivity index (χ0n) is 14.2. The van der Waals surface area contributed by atoms with Crippen molar-refractivity contribution in [2.24, 2.45) is 0 Å². The van der Waals surface area contributed by atoms with Crippen molar-refractivity contribution < 1.29 is 14.1 Å². The van der Waals surface area contributed by atoms with E-state index in [0.717, 1.165) is 5.56 Å². The van der Waals surface area contributed by atoms with Crippen molar-refractivity contribution >= 4 is 5.91 Å². The predicted molar refractivity (Wildman–Crippen MR) is 92.2 cm³/mol. The van der Waals surface area contributed by atoms with Crippen molar-refractivity contribution in [1.82, 2.24) is 15.5 Å². The van der Waals surface area contributed by atoms with Crippen LogP contribution < -0.4 is 10.1 Å². The first-order valence-corrected chi connectivity index (χ1v) is 7.96. The quantitative estimate of drug-likeness (QED) is 0.747. The molecule has 0 bridgehead atoms. The second-order valence-corrected chi connectivity index (χ2v) is 5.68. The van der Waals surface area contributed by atoms with E-state index in [1.54, 1.807) is 25.1 Å². The monoisotopic (exact) mass is 337 g/mol. The summed E-state index contributed by atoms with van der Waals surface area (Å²) in [6.07, 6.45) is 0. The van der Waals surface area contributed by atoms with Gasteiger partial charge in [-0.3, -0.25) is 4.79 Å². The third-order valence-corrected chi connectivity index (χ3v) is 3.63. The van der Waals surface area contributed by atoms with Crippen molar-refractivity contribution in [2.75, 3.05) is 0 Å². The number of nitrogens with one attached hydrogen (secondary N) is 1. The van der Waals surface area contributed by atoms with Gasteiger partial charge in [-0.1, -0.05) is 47.1 Å². The molecule has 25 heavy (non-hydrogen) atoms. The van der Waals surface area contributed by atoms with Crippen molar-refractivity contribution in [3.63, 3.8) is 0 Å². The summed E-state index contributed by atoms with van der Waals surface area (Å²) in [7, 11) is 0. The number of ether oxygens (including phenoxy) is 1. The topological polar surface area (TPSA) is 77.2 Å². The summed E-state index contributed by atoms with van der Waals surface area (Å²) < 4.78 is 10.6. The molecule has 3 aromatic rings. The number of carbonyl (C=O) groups is 1. The molecule has 0 aliphatic carbocycles. The molecular formula is C19H19N3O3. The summed E-state index contributed by atoms with van der Waals surface area (Å²) in [6, 6.07) is 15.1. The molecule has 0 aliphatic rings. The standard InChI is InChI=1S/C19H19N3O3/c1-13-7-9-15(10-8-13)11-20-19(23)16-5-3-4-6-17(16)24-12-18-21-14(2)25-22-18/h3-10H,11-12H2,1-2H3,(H,20,23). The Morgan fingerprint density at radius 2 is 1.88 bits per heavy atom. The Bertz CT molecular complexity index is 856. The van der Waals surface area contributed by atoms with Gasteiger partial charge in [0.1, 0.15) is 5.75 Å². The second-order valence-electron chi connectivity index (χ2n) is 5.68. The molecule has 1 N–H and O–H groups in total. The number of rotatable bonds is 6. The number of amides is 1. The summed E-state index contributed by atoms with van der Waals surface area (Å²) in [6.45, 7) is 4.33. The first kappa shape index (κ1) is 16.7. The molecule has 0 fully saturated rings. The fraction of sp³-hybridized carbons (Fsp3) is 0.211. The van der Waals surface area contributed by atoms with Crippen molar-refractivity contribution in [3.05, 3.63) is 76.9 Å². The molecule has 3 rings (SSSR count). The highest BCUT2D eigenvalue weighted by Crippen LogP contribution is 2.19. The van der Waals surface area contributed by atoms with Crippen LogP contribution >= 0.6 is 0 Å². The summed E-state index contributed by atoms with van der Waals surface area (Å²) in [5, 5.41) is 6.69. The van der Waals surface area contributed by atoms with Crippen LogP contribution in [0, 0.1) is 13.8 Å². The van der Waals surface area contributed by atoms with Crippen LogP contribution in [-0.2, 0) is 13.2 Å². The zero-order valence-corrected chi connectivity index (χ0v) is 14.2. The first-order valence-electron chi connectivity index (χ1n) is 7.96. The fourth-order valence-corrected chi connectivity index (χ4v) is 2.31. The smallest absolute Gasteiger partial charge is 0.255 e. The normalized spacial score (nSPS) is 10.5. The van der Waals surface area contributed by atoms with Crippen LogP contribution in [-0.4, -0.2) is 16.0 Å². The van der Waals surface area contributed by atoms with Gasteiger partial charge in [0.15, 0.2) is 6.61 Å². The third-order valence-electron chi connectivity index (χ3n) is 3.63. The van der Waals surface area contributed by atoms with Gasteiger partial charge < -0.3 is 14.6 Å². The summed E-state index contributed by atoms with van der Waals surface area (Å²) in [5.74, 6) is 1.20. The number of benzene rings is 2. The Morgan fingerprint density at radius 1 is 1.12 bits per heavy atom. The molecule has 0 saturated heterocycles. The van der Waals surface area contributed by atoms with Gasteiger partial charge in [0, 0.05) is 13.5 Å². The Balaban J connectivity index is 1.64. The number of para-hydroxylation sites is 1. The number of aromatic nitrogens is 2. The number of carbonyl (C=O) groups excluding carboxylic acids is 1. The maximum absolute atomic E-state index is 12.5. The molecule has 1 amide bonds. The lowest BCUT2D eigenvalue weighted by Gasteiger charge is -2.11. The molecule has 128 valence electrons. The Hall–Kier alpha value is -3.15. The van der Waals surface area contributed by atoms with Gasteiger partial charge >= 0.3 is 0 Å². The van der Waals surface area contributed by atoms with Gasteiger partial charge in [0.05, 0.1) is 5.56 Å². The van der Waals surface area contributed by atoms with E-state index in [4.69, 9.17) is 9.26 Å². The summed E-state index contributed by atoms with van der Waals surface area (Å²) in [5.41, 5.74) is 2.69. The van der Waals surface area contributed by atoms with Crippen LogP contribution in [0.15, 0.2) is 53.1 Å². The van der Waals surface area contributed by atoms with E-state index in [9.17, 15) is 4.79 Å². The molecular weight excluding hydrogens is 318 g/mol. The molecule has 1 aromatic heterocycles. The SMILES string of the molecule is Cc1ccc(CNC(=O)c2ccccc2OCc2noc(C)n2)cc1. The lowest BCUT2D eigenvalue weighted by molar-refractivity contribution is 0.0946. The van der Waals surface area contributed by atoms with Gasteiger partial charge in [0.25, 0.3) is 5.91 Å². The average molecular weight is 337 g/mol. The first-order chi connectivity index (χ1) is 12.1. The molecule has 0 atom stereocenters. The molecule has 0 saturated carbocycles. The molecule has 1 heterocycles. The largest absolute Gasteiger partial charge is 0.485 e. The number of hydrogen-bond donors (Lipinski definition) is 1. The molecule has 2 aromatic carbocycles. The summed E-state index contributed by atoms with van der Waals surface area (Å²) >= 11 is 0. The minimum Gasteiger partial charge on any atom is -0.485 e. The van der Waals surface area contributed by atoms with Gasteiger partial charge in [0.2, 0.25) is 11.7 Å². The van der Waals surface area contributed by atoms with Crippen molar-refractivity contribution in [3.8, 4) is 5.75 Å². The molecule has 0 aliphatic heterocycles. The maximum Gasteiger partial charge on any atom is 0.255 e. The van der Waals surface area contributed by atoms with E-state index in [1.165, 1.54) is 5.56 Å². The highest BCUT2D eigenvalue weighted by molar-refractivity contribution is 5.96. The Morgan fingerprint density at radius 3 is 2.60 bits per heavy atom. The van der Waals surface area contributed by atoms with Crippen LogP contribution in [0.25, 0.3) is 0 Å². The van der Waals surface area contributed by atoms with Crippen molar-refractivity contribution in [1.29, 1.82) is 0 Å². The van der Waals surface area contributed by atoms with Crippen molar-refractivity contribution in [2.45, 2.75) is 27.0 Å². The highest BCUT2D eigenvalue weighted by Gasteiger charge is 2.13. The lowest BCUT2D eigenvalue weighted by Crippen LogP contribution is -2.23. The summed E-state index contributed by atoms with van der Waals surface area (Å²) in [4.78, 5) is 16.6. The number of hydrogen-bond acceptors (Lipinski definition) is 5. The van der Waals surface area contributed by atoms with Crippen LogP contribution in [0.3, 0.4) is 0 Å². The molecule has 0 unspecified atom stereocenters. The molecule has 6 nitrogen and oxygen atoms in total. The molecule has 0 spiro atoms. The van der Waals surface area contributed by atoms with E-state index in [2.05, 4.69) is 15.5 Å². The molecule has 6 heteroatoms. The van der Waals surface area contributed by atoms with Crippen LogP contribution in [0.2, 0.25) is 0 Å². The van der Waals surface area contributed by atoms with E-state index < -0.39 is 0 Å². The minimum absolute atomic E-state index is 0.138. The number of aryl methyl sites for hydroxylation is 2. The molecule has 0 radical (unpaired) electrons. The van der Waals surface area contributed by atoms with E-state index in [0.29, 0.717) is 29.6 Å².